The van der Waals surface area contributed by atoms with Crippen molar-refractivity contribution in [2.45, 2.75) is 51.7 Å². The van der Waals surface area contributed by atoms with Gasteiger partial charge in [0, 0.05) is 12.5 Å². The topological polar surface area (TPSA) is 9.23 Å². The molecule has 16 heavy (non-hydrogen) atoms. The summed E-state index contributed by atoms with van der Waals surface area (Å²) in [6.07, 6.45) is 5.82. The highest BCUT2D eigenvalue weighted by molar-refractivity contribution is 6.74. The molecule has 3 heteroatoms. The molecule has 0 amide bonds. The maximum atomic E-state index is 6.03. The van der Waals surface area contributed by atoms with Gasteiger partial charge < -0.3 is 4.43 Å². The number of rotatable bonds is 6. The molecular formula is C13H25ClOSi. The minimum atomic E-state index is -1.56. The molecule has 0 unspecified atom stereocenters. The minimum absolute atomic E-state index is 0.297. The van der Waals surface area contributed by atoms with Gasteiger partial charge in [-0.25, -0.2) is 0 Å². The van der Waals surface area contributed by atoms with Crippen molar-refractivity contribution in [1.82, 2.24) is 0 Å². The summed E-state index contributed by atoms with van der Waals surface area (Å²) in [5.41, 5.74) is 3.11. The molecule has 94 valence electrons. The zero-order valence-corrected chi connectivity index (χ0v) is 13.0. The lowest BCUT2D eigenvalue weighted by Gasteiger charge is -2.36. The van der Waals surface area contributed by atoms with E-state index < -0.39 is 8.32 Å². The van der Waals surface area contributed by atoms with E-state index in [4.69, 9.17) is 16.0 Å². The van der Waals surface area contributed by atoms with Gasteiger partial charge >= 0.3 is 0 Å². The Kier molecular flexibility index (Phi) is 7.33. The van der Waals surface area contributed by atoms with E-state index in [1.165, 1.54) is 0 Å². The van der Waals surface area contributed by atoms with Gasteiger partial charge in [-0.3, -0.25) is 0 Å². The lowest BCUT2D eigenvalue weighted by Crippen LogP contribution is -2.40. The second kappa shape index (κ2) is 7.34. The first-order valence-electron chi connectivity index (χ1n) is 5.90. The summed E-state index contributed by atoms with van der Waals surface area (Å²) >= 11 is 5.55. The van der Waals surface area contributed by atoms with Gasteiger partial charge in [-0.15, -0.1) is 17.3 Å². The summed E-state index contributed by atoms with van der Waals surface area (Å²) < 4.78 is 6.03. The van der Waals surface area contributed by atoms with Crippen molar-refractivity contribution in [1.29, 1.82) is 0 Å². The standard InChI is InChI=1S/C13H25ClOSi/c1-13(2,3)16(4,5)15-12-10-8-6-7-9-11-14/h7-8H,9-12H2,1-5H3. The Hall–Kier alpha value is -0.0131. The van der Waals surface area contributed by atoms with Crippen LogP contribution in [0.2, 0.25) is 18.1 Å². The van der Waals surface area contributed by atoms with Crippen LogP contribution >= 0.6 is 11.6 Å². The Balaban J connectivity index is 3.87. The largest absolute Gasteiger partial charge is 0.416 e. The average molecular weight is 261 g/mol. The van der Waals surface area contributed by atoms with Gasteiger partial charge in [0.05, 0.1) is 0 Å². The maximum Gasteiger partial charge on any atom is 0.191 e. The molecule has 0 fully saturated rings. The second-order valence-corrected chi connectivity index (χ2v) is 10.6. The normalized spacial score (nSPS) is 12.1. The molecule has 0 saturated heterocycles. The van der Waals surface area contributed by atoms with Crippen molar-refractivity contribution in [3.8, 4) is 0 Å². The molecule has 0 aromatic heterocycles. The lowest BCUT2D eigenvalue weighted by molar-refractivity contribution is 0.294. The second-order valence-electron chi connectivity index (χ2n) is 5.45. The summed E-state index contributed by atoms with van der Waals surface area (Å²) in [5, 5.41) is 0.297. The van der Waals surface area contributed by atoms with E-state index in [1.807, 2.05) is 12.2 Å². The smallest absolute Gasteiger partial charge is 0.191 e. The maximum absolute atomic E-state index is 6.03. The highest BCUT2D eigenvalue weighted by atomic mass is 35.5. The van der Waals surface area contributed by atoms with Crippen LogP contribution in [0.1, 0.15) is 33.6 Å². The molecule has 0 spiro atoms. The molecule has 0 radical (unpaired) electrons. The number of alkyl halides is 1. The third-order valence-corrected chi connectivity index (χ3v) is 7.78. The van der Waals surface area contributed by atoms with Gasteiger partial charge in [0.15, 0.2) is 8.32 Å². The molecule has 0 aromatic carbocycles. The number of hydrogen-bond donors (Lipinski definition) is 0. The zero-order chi connectivity index (χ0) is 12.7. The third kappa shape index (κ3) is 6.54. The van der Waals surface area contributed by atoms with Gasteiger partial charge in [-0.1, -0.05) is 20.8 Å². The SMILES string of the molecule is CC(C)(C)[Si](C)(C)OCCC=C=CCCCl. The molecule has 0 atom stereocenters. The van der Waals surface area contributed by atoms with E-state index in [0.29, 0.717) is 10.9 Å². The van der Waals surface area contributed by atoms with Gasteiger partial charge in [0.1, 0.15) is 0 Å². The molecule has 0 aliphatic rings. The van der Waals surface area contributed by atoms with E-state index in [2.05, 4.69) is 39.6 Å². The van der Waals surface area contributed by atoms with E-state index in [1.54, 1.807) is 0 Å². The van der Waals surface area contributed by atoms with Crippen molar-refractivity contribution in [2.75, 3.05) is 12.5 Å². The molecule has 0 N–H and O–H groups in total. The Morgan fingerprint density at radius 3 is 2.25 bits per heavy atom. The molecule has 0 aliphatic carbocycles. The average Bonchev–Trinajstić information content (AvgIpc) is 2.14. The molecule has 1 nitrogen and oxygen atoms in total. The summed E-state index contributed by atoms with van der Waals surface area (Å²) in [6.45, 7) is 12.1. The Morgan fingerprint density at radius 1 is 1.19 bits per heavy atom. The molecule has 0 bridgehead atoms. The van der Waals surface area contributed by atoms with Crippen molar-refractivity contribution >= 4 is 19.9 Å². The first kappa shape index (κ1) is 16.0. The molecule has 0 rings (SSSR count). The van der Waals surface area contributed by atoms with Crippen LogP contribution in [0.5, 0.6) is 0 Å². The molecule has 0 heterocycles. The van der Waals surface area contributed by atoms with Gasteiger partial charge in [-0.2, -0.15) is 0 Å². The van der Waals surface area contributed by atoms with E-state index >= 15 is 0 Å². The molecule has 0 saturated carbocycles. The van der Waals surface area contributed by atoms with E-state index in [0.717, 1.165) is 19.4 Å². The van der Waals surface area contributed by atoms with Crippen LogP contribution in [-0.4, -0.2) is 20.8 Å². The first-order chi connectivity index (χ1) is 7.31. The lowest BCUT2D eigenvalue weighted by atomic mass is 10.2. The van der Waals surface area contributed by atoms with Crippen molar-refractivity contribution in [3.63, 3.8) is 0 Å². The van der Waals surface area contributed by atoms with Gasteiger partial charge in [-0.05, 0) is 43.1 Å². The number of halogens is 1. The molecular weight excluding hydrogens is 236 g/mol. The van der Waals surface area contributed by atoms with Crippen LogP contribution in [-0.2, 0) is 4.43 Å². The highest BCUT2D eigenvalue weighted by Crippen LogP contribution is 2.36. The van der Waals surface area contributed by atoms with Crippen LogP contribution in [0.4, 0.5) is 0 Å². The Labute approximate surface area is 107 Å². The Morgan fingerprint density at radius 2 is 1.75 bits per heavy atom. The van der Waals surface area contributed by atoms with E-state index in [9.17, 15) is 0 Å². The monoisotopic (exact) mass is 260 g/mol. The van der Waals surface area contributed by atoms with Crippen molar-refractivity contribution < 1.29 is 4.43 Å². The predicted octanol–water partition coefficient (Wildman–Crippen LogP) is 4.74. The summed E-state index contributed by atoms with van der Waals surface area (Å²) in [6, 6.07) is 0. The summed E-state index contributed by atoms with van der Waals surface area (Å²) in [4.78, 5) is 0. The summed E-state index contributed by atoms with van der Waals surface area (Å²) in [5.74, 6) is 0.668. The molecule has 0 aromatic rings. The number of hydrogen-bond acceptors (Lipinski definition) is 1. The fourth-order valence-electron chi connectivity index (χ4n) is 0.894. The highest BCUT2D eigenvalue weighted by Gasteiger charge is 2.36. The van der Waals surface area contributed by atoms with Gasteiger partial charge in [0.2, 0.25) is 0 Å². The summed E-state index contributed by atoms with van der Waals surface area (Å²) in [7, 11) is -1.56. The Bertz CT molecular complexity index is 247. The minimum Gasteiger partial charge on any atom is -0.416 e. The van der Waals surface area contributed by atoms with Crippen LogP contribution in [0, 0.1) is 0 Å². The fraction of sp³-hybridized carbons (Fsp3) is 0.769. The van der Waals surface area contributed by atoms with Crippen LogP contribution < -0.4 is 0 Å². The predicted molar refractivity (Wildman–Crippen MR) is 75.8 cm³/mol. The molecule has 0 aliphatic heterocycles. The van der Waals surface area contributed by atoms with Crippen LogP contribution in [0.25, 0.3) is 0 Å². The van der Waals surface area contributed by atoms with Gasteiger partial charge in [0.25, 0.3) is 0 Å². The zero-order valence-electron chi connectivity index (χ0n) is 11.3. The third-order valence-electron chi connectivity index (χ3n) is 3.02. The fourth-order valence-corrected chi connectivity index (χ4v) is 2.06. The quantitative estimate of drug-likeness (QED) is 0.290. The van der Waals surface area contributed by atoms with Crippen LogP contribution in [0.3, 0.4) is 0 Å². The first-order valence-corrected chi connectivity index (χ1v) is 9.35. The van der Waals surface area contributed by atoms with Crippen molar-refractivity contribution in [3.05, 3.63) is 17.9 Å². The van der Waals surface area contributed by atoms with Crippen LogP contribution in [0.15, 0.2) is 17.9 Å². The van der Waals surface area contributed by atoms with E-state index in [-0.39, 0.29) is 0 Å². The van der Waals surface area contributed by atoms with Crippen molar-refractivity contribution in [2.24, 2.45) is 0 Å².